The number of nitrogens with zero attached hydrogens (tertiary/aromatic N) is 3. The molecule has 0 aliphatic rings. The van der Waals surface area contributed by atoms with E-state index in [9.17, 15) is 8.78 Å². The lowest BCUT2D eigenvalue weighted by Crippen LogP contribution is -2.05. The Bertz CT molecular complexity index is 836. The van der Waals surface area contributed by atoms with Crippen molar-refractivity contribution in [1.29, 1.82) is 0 Å². The molecular weight excluding hydrogens is 338 g/mol. The first-order valence-corrected chi connectivity index (χ1v) is 7.46. The van der Waals surface area contributed by atoms with Crippen LogP contribution in [0, 0.1) is 6.92 Å². The third kappa shape index (κ3) is 3.51. The van der Waals surface area contributed by atoms with E-state index in [0.29, 0.717) is 11.6 Å². The number of aryl methyl sites for hydroxylation is 1. The lowest BCUT2D eigenvalue weighted by molar-refractivity contribution is 0.146. The third-order valence-corrected chi connectivity index (χ3v) is 3.68. The highest BCUT2D eigenvalue weighted by atomic mass is 35.5. The SMILES string of the molecule is Cc1ccc(-c2nc(CNc3ncnc(C(F)F)c3Cl)co2)cc1. The van der Waals surface area contributed by atoms with Crippen molar-refractivity contribution < 1.29 is 13.2 Å². The lowest BCUT2D eigenvalue weighted by atomic mass is 10.1. The zero-order chi connectivity index (χ0) is 17.1. The molecule has 3 rings (SSSR count). The van der Waals surface area contributed by atoms with Crippen molar-refractivity contribution in [3.8, 4) is 11.5 Å². The predicted octanol–water partition coefficient (Wildman–Crippen LogP) is 4.64. The van der Waals surface area contributed by atoms with Gasteiger partial charge in [0.15, 0.2) is 0 Å². The van der Waals surface area contributed by atoms with Gasteiger partial charge in [-0.1, -0.05) is 29.3 Å². The number of hydrogen-bond donors (Lipinski definition) is 1. The third-order valence-electron chi connectivity index (χ3n) is 3.31. The summed E-state index contributed by atoms with van der Waals surface area (Å²) in [6, 6.07) is 7.75. The van der Waals surface area contributed by atoms with Crippen LogP contribution in [0.4, 0.5) is 14.6 Å². The zero-order valence-electron chi connectivity index (χ0n) is 12.6. The van der Waals surface area contributed by atoms with Crippen molar-refractivity contribution >= 4 is 17.4 Å². The molecule has 0 atom stereocenters. The van der Waals surface area contributed by atoms with Crippen LogP contribution in [-0.2, 0) is 6.54 Å². The second kappa shape index (κ2) is 6.92. The Hall–Kier alpha value is -2.54. The number of nitrogens with one attached hydrogen (secondary N) is 1. The van der Waals surface area contributed by atoms with Gasteiger partial charge in [-0.2, -0.15) is 0 Å². The quantitative estimate of drug-likeness (QED) is 0.726. The molecule has 0 saturated heterocycles. The summed E-state index contributed by atoms with van der Waals surface area (Å²) < 4.78 is 31.0. The monoisotopic (exact) mass is 350 g/mol. The summed E-state index contributed by atoms with van der Waals surface area (Å²) in [5.41, 5.74) is 2.08. The molecule has 1 aromatic carbocycles. The van der Waals surface area contributed by atoms with Crippen molar-refractivity contribution in [2.24, 2.45) is 0 Å². The van der Waals surface area contributed by atoms with Crippen LogP contribution in [0.3, 0.4) is 0 Å². The Morgan fingerprint density at radius 3 is 2.67 bits per heavy atom. The summed E-state index contributed by atoms with van der Waals surface area (Å²) in [4.78, 5) is 11.7. The smallest absolute Gasteiger partial charge is 0.282 e. The standard InChI is InChI=1S/C16H13ClF2N4O/c1-9-2-4-10(5-3-9)16-23-11(7-24-16)6-20-15-12(17)13(14(18)19)21-8-22-15/h2-5,7-8,14H,6H2,1H3,(H,20,21,22). The zero-order valence-corrected chi connectivity index (χ0v) is 13.4. The number of alkyl halides is 2. The number of anilines is 1. The highest BCUT2D eigenvalue weighted by Gasteiger charge is 2.17. The maximum Gasteiger partial charge on any atom is 0.282 e. The lowest BCUT2D eigenvalue weighted by Gasteiger charge is -2.08. The summed E-state index contributed by atoms with van der Waals surface area (Å²) in [5.74, 6) is 0.607. The van der Waals surface area contributed by atoms with Gasteiger partial charge in [0.05, 0.1) is 12.2 Å². The largest absolute Gasteiger partial charge is 0.444 e. The molecule has 0 unspecified atom stereocenters. The molecule has 0 radical (unpaired) electrons. The van der Waals surface area contributed by atoms with E-state index in [2.05, 4.69) is 20.3 Å². The minimum absolute atomic E-state index is 0.127. The van der Waals surface area contributed by atoms with E-state index in [1.54, 1.807) is 0 Å². The fraction of sp³-hybridized carbons (Fsp3) is 0.188. The molecular formula is C16H13ClF2N4O. The fourth-order valence-corrected chi connectivity index (χ4v) is 2.30. The van der Waals surface area contributed by atoms with Crippen molar-refractivity contribution in [3.05, 3.63) is 58.8 Å². The first-order chi connectivity index (χ1) is 11.5. The van der Waals surface area contributed by atoms with Crippen LogP contribution in [0.2, 0.25) is 5.02 Å². The average Bonchev–Trinajstić information content (AvgIpc) is 3.03. The first-order valence-electron chi connectivity index (χ1n) is 7.08. The van der Waals surface area contributed by atoms with Crippen LogP contribution < -0.4 is 5.32 Å². The normalized spacial score (nSPS) is 11.0. The molecule has 0 spiro atoms. The topological polar surface area (TPSA) is 63.8 Å². The van der Waals surface area contributed by atoms with E-state index in [-0.39, 0.29) is 17.4 Å². The molecule has 0 saturated carbocycles. The molecule has 124 valence electrons. The number of hydrogen-bond acceptors (Lipinski definition) is 5. The molecule has 8 heteroatoms. The van der Waals surface area contributed by atoms with Crippen molar-refractivity contribution in [2.45, 2.75) is 19.9 Å². The first kappa shape index (κ1) is 16.3. The average molecular weight is 351 g/mol. The highest BCUT2D eigenvalue weighted by molar-refractivity contribution is 6.33. The van der Waals surface area contributed by atoms with Crippen LogP contribution in [0.5, 0.6) is 0 Å². The molecule has 24 heavy (non-hydrogen) atoms. The van der Waals surface area contributed by atoms with E-state index < -0.39 is 12.1 Å². The minimum atomic E-state index is -2.76. The minimum Gasteiger partial charge on any atom is -0.444 e. The Morgan fingerprint density at radius 1 is 1.21 bits per heavy atom. The summed E-state index contributed by atoms with van der Waals surface area (Å²) >= 11 is 5.87. The van der Waals surface area contributed by atoms with E-state index in [1.165, 1.54) is 6.26 Å². The molecule has 0 aliphatic carbocycles. The van der Waals surface area contributed by atoms with E-state index in [1.807, 2.05) is 31.2 Å². The summed E-state index contributed by atoms with van der Waals surface area (Å²) in [5, 5.41) is 2.66. The van der Waals surface area contributed by atoms with Crippen molar-refractivity contribution in [3.63, 3.8) is 0 Å². The molecule has 0 bridgehead atoms. The van der Waals surface area contributed by atoms with Crippen molar-refractivity contribution in [2.75, 3.05) is 5.32 Å². The van der Waals surface area contributed by atoms with Crippen LogP contribution >= 0.6 is 11.6 Å². The Balaban J connectivity index is 1.72. The van der Waals surface area contributed by atoms with Gasteiger partial charge >= 0.3 is 0 Å². The molecule has 2 heterocycles. The van der Waals surface area contributed by atoms with E-state index >= 15 is 0 Å². The van der Waals surface area contributed by atoms with E-state index in [4.69, 9.17) is 16.0 Å². The van der Waals surface area contributed by atoms with Gasteiger partial charge in [-0.3, -0.25) is 0 Å². The second-order valence-corrected chi connectivity index (χ2v) is 5.46. The number of oxazole rings is 1. The molecule has 0 amide bonds. The number of rotatable bonds is 5. The number of aromatic nitrogens is 3. The predicted molar refractivity (Wildman–Crippen MR) is 86.0 cm³/mol. The van der Waals surface area contributed by atoms with Crippen molar-refractivity contribution in [1.82, 2.24) is 15.0 Å². The molecule has 2 aromatic heterocycles. The van der Waals surface area contributed by atoms with Gasteiger partial charge in [0.25, 0.3) is 6.43 Å². The number of benzene rings is 1. The Morgan fingerprint density at radius 2 is 1.96 bits per heavy atom. The fourth-order valence-electron chi connectivity index (χ4n) is 2.05. The van der Waals surface area contributed by atoms with Gasteiger partial charge in [0.1, 0.15) is 29.1 Å². The highest BCUT2D eigenvalue weighted by Crippen LogP contribution is 2.29. The van der Waals surface area contributed by atoms with Gasteiger partial charge in [-0.15, -0.1) is 0 Å². The molecule has 0 fully saturated rings. The maximum atomic E-state index is 12.8. The van der Waals surface area contributed by atoms with Crippen LogP contribution in [0.1, 0.15) is 23.4 Å². The van der Waals surface area contributed by atoms with Gasteiger partial charge in [-0.25, -0.2) is 23.7 Å². The summed E-state index contributed by atoms with van der Waals surface area (Å²) in [7, 11) is 0. The molecule has 3 aromatic rings. The van der Waals surface area contributed by atoms with Gasteiger partial charge < -0.3 is 9.73 Å². The second-order valence-electron chi connectivity index (χ2n) is 5.09. The Labute approximate surface area is 141 Å². The van der Waals surface area contributed by atoms with Crippen LogP contribution in [0.25, 0.3) is 11.5 Å². The number of halogens is 3. The van der Waals surface area contributed by atoms with Gasteiger partial charge in [0, 0.05) is 5.56 Å². The summed E-state index contributed by atoms with van der Waals surface area (Å²) in [6.45, 7) is 2.22. The molecule has 0 aliphatic heterocycles. The Kier molecular flexibility index (Phi) is 4.71. The summed E-state index contributed by atoms with van der Waals surface area (Å²) in [6.07, 6.45) is -0.233. The maximum absolute atomic E-state index is 12.8. The van der Waals surface area contributed by atoms with Gasteiger partial charge in [-0.05, 0) is 19.1 Å². The molecule has 5 nitrogen and oxygen atoms in total. The molecule has 1 N–H and O–H groups in total. The van der Waals surface area contributed by atoms with Crippen LogP contribution in [0.15, 0.2) is 41.3 Å². The van der Waals surface area contributed by atoms with E-state index in [0.717, 1.165) is 17.5 Å². The van der Waals surface area contributed by atoms with Gasteiger partial charge in [0.2, 0.25) is 5.89 Å². The van der Waals surface area contributed by atoms with Crippen LogP contribution in [-0.4, -0.2) is 15.0 Å².